The predicted molar refractivity (Wildman–Crippen MR) is 178 cm³/mol. The molecule has 47 heavy (non-hydrogen) atoms. The first-order chi connectivity index (χ1) is 22.8. The van der Waals surface area contributed by atoms with Gasteiger partial charge in [0.1, 0.15) is 17.7 Å². The van der Waals surface area contributed by atoms with E-state index in [-0.39, 0.29) is 18.0 Å². The highest BCUT2D eigenvalue weighted by molar-refractivity contribution is 5.87. The molecular formula is C36H43N7O4. The van der Waals surface area contributed by atoms with E-state index in [1.54, 1.807) is 11.8 Å². The Labute approximate surface area is 274 Å². The smallest absolute Gasteiger partial charge is 0.407 e. The molecule has 11 heteroatoms. The first-order valence-corrected chi connectivity index (χ1v) is 16.6. The van der Waals surface area contributed by atoms with E-state index in [4.69, 9.17) is 20.2 Å². The third-order valence-corrected chi connectivity index (χ3v) is 10.6. The van der Waals surface area contributed by atoms with Gasteiger partial charge in [0.05, 0.1) is 43.0 Å². The van der Waals surface area contributed by atoms with E-state index in [0.717, 1.165) is 58.1 Å². The number of methoxy groups -OCH3 is 2. The van der Waals surface area contributed by atoms with Gasteiger partial charge in [-0.2, -0.15) is 0 Å². The molecule has 2 saturated carbocycles. The minimum absolute atomic E-state index is 0.215. The van der Waals surface area contributed by atoms with Gasteiger partial charge in [-0.3, -0.25) is 4.79 Å². The minimum Gasteiger partial charge on any atom is -0.453 e. The van der Waals surface area contributed by atoms with Crippen LogP contribution in [0.4, 0.5) is 4.79 Å². The molecule has 0 spiro atoms. The minimum atomic E-state index is -0.869. The van der Waals surface area contributed by atoms with Crippen LogP contribution in [0.25, 0.3) is 33.6 Å². The SMILES string of the molecule is COC(=O)N[C@H](C(=O)N1CCC[C@H]1c1ncc(-c2ccc(-c3ccc(-c4cnc([C@H]5C6CCC(C6)[C@@H]5N)[nH]4)cc3)cc2)[nH]1)C(C)OC. The summed E-state index contributed by atoms with van der Waals surface area (Å²) in [7, 11) is 2.78. The largest absolute Gasteiger partial charge is 0.453 e. The number of nitrogens with two attached hydrogens (primary N) is 1. The molecule has 0 radical (unpaired) electrons. The molecule has 7 atom stereocenters. The van der Waals surface area contributed by atoms with Crippen LogP contribution in [0.15, 0.2) is 60.9 Å². The molecule has 3 aliphatic rings. The van der Waals surface area contributed by atoms with Gasteiger partial charge in [-0.25, -0.2) is 14.8 Å². The molecule has 2 aromatic carbocycles. The molecule has 2 amide bonds. The second kappa shape index (κ2) is 13.0. The van der Waals surface area contributed by atoms with Crippen molar-refractivity contribution in [3.8, 4) is 33.6 Å². The van der Waals surface area contributed by atoms with Crippen LogP contribution in [0.1, 0.15) is 62.6 Å². The summed E-state index contributed by atoms with van der Waals surface area (Å²) in [4.78, 5) is 43.7. The molecule has 3 fully saturated rings. The van der Waals surface area contributed by atoms with Crippen LogP contribution >= 0.6 is 0 Å². The fourth-order valence-corrected chi connectivity index (χ4v) is 7.93. The molecule has 3 heterocycles. The Kier molecular flexibility index (Phi) is 8.59. The fourth-order valence-electron chi connectivity index (χ4n) is 7.93. The lowest BCUT2D eigenvalue weighted by Gasteiger charge is -2.30. The summed E-state index contributed by atoms with van der Waals surface area (Å²) < 4.78 is 10.1. The number of alkyl carbamates (subject to hydrolysis) is 1. The number of carbonyl (C=O) groups excluding carboxylic acids is 2. The first-order valence-electron chi connectivity index (χ1n) is 16.6. The van der Waals surface area contributed by atoms with Gasteiger partial charge < -0.3 is 35.4 Å². The summed E-state index contributed by atoms with van der Waals surface area (Å²) in [6.45, 7) is 2.32. The zero-order chi connectivity index (χ0) is 32.7. The summed E-state index contributed by atoms with van der Waals surface area (Å²) in [5.41, 5.74) is 12.8. The molecule has 3 unspecified atom stereocenters. The highest BCUT2D eigenvalue weighted by Crippen LogP contribution is 2.51. The third kappa shape index (κ3) is 5.94. The lowest BCUT2D eigenvalue weighted by atomic mass is 9.84. The van der Waals surface area contributed by atoms with Gasteiger partial charge >= 0.3 is 6.09 Å². The number of benzene rings is 2. The van der Waals surface area contributed by atoms with Gasteiger partial charge in [-0.05, 0) is 73.1 Å². The van der Waals surface area contributed by atoms with Gasteiger partial charge in [-0.1, -0.05) is 48.5 Å². The molecule has 11 nitrogen and oxygen atoms in total. The number of amides is 2. The fraction of sp³-hybridized carbons (Fsp3) is 0.444. The molecule has 2 aromatic heterocycles. The standard InChI is InChI=1S/C36H43N7O4/c1-20(46-2)32(42-36(45)47-3)35(44)43-16-4-5-29(43)33-38-18-27(40-33)23-10-6-21(7-11-23)22-8-12-24(13-9-22)28-19-39-34(41-28)30-25-14-15-26(17-25)31(30)37/h6-13,18-20,25-26,29-32H,4-5,14-17,37H2,1-3H3,(H,38,40)(H,39,41)(H,42,45)/t20?,25?,26?,29-,30-,31-,32-/m0/s1. The maximum atomic E-state index is 13.5. The van der Waals surface area contributed by atoms with Crippen LogP contribution < -0.4 is 11.1 Å². The quantitative estimate of drug-likeness (QED) is 0.192. The summed E-state index contributed by atoms with van der Waals surface area (Å²) in [6, 6.07) is 16.0. The maximum absolute atomic E-state index is 13.5. The number of nitrogens with one attached hydrogen (secondary N) is 3. The average Bonchev–Trinajstić information content (AvgIpc) is 3.95. The van der Waals surface area contributed by atoms with Crippen LogP contribution in [0.5, 0.6) is 0 Å². The van der Waals surface area contributed by atoms with Crippen LogP contribution in [-0.4, -0.2) is 75.8 Å². The molecule has 4 aromatic rings. The zero-order valence-corrected chi connectivity index (χ0v) is 27.1. The number of aromatic nitrogens is 4. The normalized spacial score (nSPS) is 24.8. The number of hydrogen-bond acceptors (Lipinski definition) is 7. The number of carbonyl (C=O) groups is 2. The number of rotatable bonds is 9. The van der Waals surface area contributed by atoms with Crippen molar-refractivity contribution >= 4 is 12.0 Å². The summed E-state index contributed by atoms with van der Waals surface area (Å²) in [5.74, 6) is 3.19. The van der Waals surface area contributed by atoms with Crippen molar-refractivity contribution in [1.29, 1.82) is 0 Å². The Hall–Kier alpha value is -4.48. The molecule has 2 aliphatic carbocycles. The molecule has 5 N–H and O–H groups in total. The zero-order valence-electron chi connectivity index (χ0n) is 27.1. The number of H-pyrrole nitrogens is 2. The van der Waals surface area contributed by atoms with E-state index in [1.807, 2.05) is 12.4 Å². The average molecular weight is 638 g/mol. The summed E-state index contributed by atoms with van der Waals surface area (Å²) in [6.07, 6.45) is 7.92. The Bertz CT molecular complexity index is 1710. The Morgan fingerprint density at radius 3 is 2.02 bits per heavy atom. The lowest BCUT2D eigenvalue weighted by molar-refractivity contribution is -0.137. The van der Waals surface area contributed by atoms with Gasteiger partial charge in [-0.15, -0.1) is 0 Å². The monoisotopic (exact) mass is 637 g/mol. The summed E-state index contributed by atoms with van der Waals surface area (Å²) >= 11 is 0. The Balaban J connectivity index is 1.02. The summed E-state index contributed by atoms with van der Waals surface area (Å²) in [5, 5.41) is 2.63. The van der Waals surface area contributed by atoms with E-state index in [2.05, 4.69) is 68.8 Å². The van der Waals surface area contributed by atoms with Crippen molar-refractivity contribution < 1.29 is 19.1 Å². The number of aromatic amines is 2. The topological polar surface area (TPSA) is 151 Å². The second-order valence-electron chi connectivity index (χ2n) is 13.2. The van der Waals surface area contributed by atoms with Gasteiger partial charge in [0, 0.05) is 25.6 Å². The molecule has 1 saturated heterocycles. The van der Waals surface area contributed by atoms with Crippen molar-refractivity contribution in [1.82, 2.24) is 30.2 Å². The maximum Gasteiger partial charge on any atom is 0.407 e. The van der Waals surface area contributed by atoms with Gasteiger partial charge in [0.25, 0.3) is 0 Å². The number of ether oxygens (including phenoxy) is 2. The van der Waals surface area contributed by atoms with Crippen molar-refractivity contribution in [3.63, 3.8) is 0 Å². The van der Waals surface area contributed by atoms with Crippen molar-refractivity contribution in [2.75, 3.05) is 20.8 Å². The Morgan fingerprint density at radius 1 is 0.872 bits per heavy atom. The molecule has 2 bridgehead atoms. The Morgan fingerprint density at radius 2 is 1.45 bits per heavy atom. The second-order valence-corrected chi connectivity index (χ2v) is 13.2. The van der Waals surface area contributed by atoms with Crippen LogP contribution in [0, 0.1) is 11.8 Å². The van der Waals surface area contributed by atoms with Crippen LogP contribution in [0.3, 0.4) is 0 Å². The van der Waals surface area contributed by atoms with Crippen molar-refractivity contribution in [3.05, 3.63) is 72.6 Å². The number of hydrogen-bond donors (Lipinski definition) is 4. The highest BCUT2D eigenvalue weighted by Gasteiger charge is 2.47. The van der Waals surface area contributed by atoms with Crippen LogP contribution in [-0.2, 0) is 14.3 Å². The lowest BCUT2D eigenvalue weighted by Crippen LogP contribution is -2.54. The molecular weight excluding hydrogens is 594 g/mol. The van der Waals surface area contributed by atoms with E-state index in [9.17, 15) is 9.59 Å². The number of nitrogens with zero attached hydrogens (tertiary/aromatic N) is 3. The van der Waals surface area contributed by atoms with Crippen LogP contribution in [0.2, 0.25) is 0 Å². The predicted octanol–water partition coefficient (Wildman–Crippen LogP) is 5.40. The van der Waals surface area contributed by atoms with Gasteiger partial charge in [0.15, 0.2) is 0 Å². The number of fused-ring (bicyclic) bond motifs is 2. The third-order valence-electron chi connectivity index (χ3n) is 10.6. The van der Waals surface area contributed by atoms with Crippen molar-refractivity contribution in [2.24, 2.45) is 17.6 Å². The van der Waals surface area contributed by atoms with E-state index < -0.39 is 18.2 Å². The van der Waals surface area contributed by atoms with E-state index >= 15 is 0 Å². The first kappa shape index (κ1) is 31.1. The number of likely N-dealkylation sites (tertiary alicyclic amines) is 1. The number of imidazole rings is 2. The molecule has 246 valence electrons. The van der Waals surface area contributed by atoms with E-state index in [0.29, 0.717) is 24.3 Å². The molecule has 1 aliphatic heterocycles. The molecule has 7 rings (SSSR count). The van der Waals surface area contributed by atoms with Crippen molar-refractivity contribution in [2.45, 2.75) is 69.2 Å². The highest BCUT2D eigenvalue weighted by atomic mass is 16.5. The van der Waals surface area contributed by atoms with Gasteiger partial charge in [0.2, 0.25) is 5.91 Å². The van der Waals surface area contributed by atoms with E-state index in [1.165, 1.54) is 33.5 Å².